The lowest BCUT2D eigenvalue weighted by Gasteiger charge is -2.20. The highest BCUT2D eigenvalue weighted by molar-refractivity contribution is 6.39. The lowest BCUT2D eigenvalue weighted by atomic mass is 10.1. The predicted octanol–water partition coefficient (Wildman–Crippen LogP) is 14.9. The minimum Gasteiger partial charge on any atom is -0.434 e. The van der Waals surface area contributed by atoms with Crippen LogP contribution < -0.4 is 67.4 Å². The molecule has 36 heteroatoms. The molecule has 4 aromatic carbocycles. The Kier molecular flexibility index (Phi) is 30.5. The molecule has 5 heterocycles. The number of nitriles is 2. The van der Waals surface area contributed by atoms with Gasteiger partial charge in [0.05, 0.1) is 65.4 Å². The fourth-order valence-corrected chi connectivity index (χ4v) is 11.8. The average molecular weight is 1600 g/mol. The quantitative estimate of drug-likeness (QED) is 0.0186. The van der Waals surface area contributed by atoms with E-state index in [0.717, 1.165) is 5.56 Å². The van der Waals surface area contributed by atoms with E-state index < -0.39 is 5.76 Å². The van der Waals surface area contributed by atoms with Gasteiger partial charge >= 0.3 is 5.76 Å². The van der Waals surface area contributed by atoms with E-state index in [0.29, 0.717) is 68.0 Å². The molecule has 0 aliphatic carbocycles. The average Bonchev–Trinajstić information content (AvgIpc) is 1.45. The maximum Gasteiger partial charge on any atom is 0.438 e. The van der Waals surface area contributed by atoms with Crippen LogP contribution >= 0.6 is 92.8 Å². The van der Waals surface area contributed by atoms with Crippen LogP contribution in [0.3, 0.4) is 0 Å². The van der Waals surface area contributed by atoms with E-state index in [1.54, 1.807) is 137 Å². The van der Waals surface area contributed by atoms with Gasteiger partial charge < -0.3 is 44.6 Å². The summed E-state index contributed by atoms with van der Waals surface area (Å²) in [6.07, 6.45) is 0.943. The van der Waals surface area contributed by atoms with Crippen molar-refractivity contribution in [2.24, 2.45) is 39.1 Å². The molecule has 0 fully saturated rings. The third-order valence-electron chi connectivity index (χ3n) is 15.2. The van der Waals surface area contributed by atoms with Crippen LogP contribution in [0.1, 0.15) is 119 Å². The van der Waals surface area contributed by atoms with E-state index in [1.807, 2.05) is 55.4 Å². The van der Waals surface area contributed by atoms with Crippen LogP contribution in [-0.4, -0.2) is 94.5 Å². The monoisotopic (exact) mass is 1600 g/mol. The number of halogens is 8. The fraction of sp³-hybridized carbons (Fsp3) is 0.348. The molecular weight excluding hydrogens is 1530 g/mol. The number of amidine groups is 1. The van der Waals surface area contributed by atoms with Crippen molar-refractivity contribution in [3.05, 3.63) is 199 Å². The minimum absolute atomic E-state index is 0.00370. The van der Waals surface area contributed by atoms with Crippen LogP contribution in [-0.2, 0) is 41.2 Å². The lowest BCUT2D eigenvalue weighted by molar-refractivity contribution is 0.317. The Hall–Kier alpha value is -9.49. The zero-order chi connectivity index (χ0) is 78.2. The zero-order valence-corrected chi connectivity index (χ0v) is 65.7. The van der Waals surface area contributed by atoms with E-state index in [2.05, 4.69) is 52.4 Å². The number of oxime groups is 1. The normalized spacial score (nSPS) is 11.1. The van der Waals surface area contributed by atoms with Crippen molar-refractivity contribution in [1.82, 2.24) is 49.3 Å². The largest absolute Gasteiger partial charge is 0.438 e. The van der Waals surface area contributed by atoms with Crippen molar-refractivity contribution in [2.75, 3.05) is 48.9 Å². The molecule has 0 aliphatic rings. The molecule has 28 nitrogen and oxygen atoms in total. The van der Waals surface area contributed by atoms with Crippen molar-refractivity contribution in [1.29, 1.82) is 10.5 Å². The molecule has 0 atom stereocenters. The van der Waals surface area contributed by atoms with Gasteiger partial charge in [-0.25, -0.2) is 23.5 Å². The van der Waals surface area contributed by atoms with Gasteiger partial charge in [0.2, 0.25) is 23.5 Å². The van der Waals surface area contributed by atoms with Crippen molar-refractivity contribution in [3.63, 3.8) is 0 Å². The molecule has 4 N–H and O–H groups in total. The zero-order valence-electron chi connectivity index (χ0n) is 59.6. The summed E-state index contributed by atoms with van der Waals surface area (Å²) in [5.74, 6) is 1.72. The maximum atomic E-state index is 12.2. The first-order chi connectivity index (χ1) is 49.4. The van der Waals surface area contributed by atoms with Gasteiger partial charge in [0.1, 0.15) is 6.54 Å². The van der Waals surface area contributed by atoms with Gasteiger partial charge in [-0.1, -0.05) is 159 Å². The number of aryl methyl sites for hydroxylation is 5. The minimum atomic E-state index is -0.626. The molecule has 0 bridgehead atoms. The number of nitrogens with one attached hydrogen (secondary N) is 1. The highest BCUT2D eigenvalue weighted by Gasteiger charge is 2.23. The summed E-state index contributed by atoms with van der Waals surface area (Å²) < 4.78 is 32.4. The molecule has 0 spiro atoms. The number of ether oxygens (including phenoxy) is 4. The van der Waals surface area contributed by atoms with E-state index >= 15 is 0 Å². The van der Waals surface area contributed by atoms with Crippen LogP contribution in [0, 0.1) is 22.7 Å². The molecule has 0 unspecified atom stereocenters. The summed E-state index contributed by atoms with van der Waals surface area (Å²) in [7, 11) is 11.5. The number of hydrogen-bond acceptors (Lipinski definition) is 22. The summed E-state index contributed by atoms with van der Waals surface area (Å²) >= 11 is 50.5. The molecule has 0 amide bonds. The van der Waals surface area contributed by atoms with E-state index in [-0.39, 0.29) is 148 Å². The molecule has 105 heavy (non-hydrogen) atoms. The van der Waals surface area contributed by atoms with Crippen molar-refractivity contribution >= 4 is 116 Å². The van der Waals surface area contributed by atoms with Gasteiger partial charge in [0.25, 0.3) is 22.2 Å². The second kappa shape index (κ2) is 38.0. The fourth-order valence-electron chi connectivity index (χ4n) is 9.54. The van der Waals surface area contributed by atoms with E-state index in [1.165, 1.54) is 18.7 Å². The highest BCUT2D eigenvalue weighted by atomic mass is 35.5. The Morgan fingerprint density at radius 3 is 1.07 bits per heavy atom. The second-order valence-corrected chi connectivity index (χ2v) is 27.9. The Morgan fingerprint density at radius 2 is 0.800 bits per heavy atom. The number of anilines is 3. The first kappa shape index (κ1) is 84.4. The molecule has 9 aromatic rings. The molecule has 0 saturated carbocycles. The SMILES string of the molecule is CC(C)c1cc(Oc2c(Cl)cc(CCC#N)cc2Cl)nn(C)c1=O.CC(C)c1cc(Oc2c(Cl)cc(N(C)C/C(N)=N/O)cc2Cl)nn(C)c1=O.CC(C)c1cc(Oc2c(Cl)cc(N(C)CC#N)cc2Cl)nn(C)c1=O.CC(C)c1cc(Oc2c(Cl)cc(N(C)Cc3noc(=O)[nH]3)cc2Cl)nn(C)c1=O. The molecule has 558 valence electrons. The first-order valence-corrected chi connectivity index (χ1v) is 34.8. The van der Waals surface area contributed by atoms with Crippen LogP contribution in [0.25, 0.3) is 0 Å². The molecule has 0 saturated heterocycles. The predicted molar refractivity (Wildman–Crippen MR) is 409 cm³/mol. The number of aromatic nitrogens is 10. The van der Waals surface area contributed by atoms with Gasteiger partial charge in [-0.3, -0.25) is 28.7 Å². The Bertz CT molecular complexity index is 4970. The van der Waals surface area contributed by atoms with Gasteiger partial charge in [0.15, 0.2) is 34.7 Å². The Balaban J connectivity index is 0.000000220. The molecule has 9 rings (SSSR count). The third kappa shape index (κ3) is 22.8. The van der Waals surface area contributed by atoms with Gasteiger partial charge in [0, 0.05) is 119 Å². The Morgan fingerprint density at radius 1 is 0.505 bits per heavy atom. The Labute approximate surface area is 643 Å². The van der Waals surface area contributed by atoms with Gasteiger partial charge in [-0.05, 0) is 84.2 Å². The van der Waals surface area contributed by atoms with Gasteiger partial charge in [-0.2, -0.15) is 10.5 Å². The van der Waals surface area contributed by atoms with Gasteiger partial charge in [-0.15, -0.1) is 20.4 Å². The number of nitrogens with two attached hydrogens (primary N) is 1. The summed E-state index contributed by atoms with van der Waals surface area (Å²) in [5, 5.41) is 51.3. The van der Waals surface area contributed by atoms with E-state index in [4.69, 9.17) is 133 Å². The third-order valence-corrected chi connectivity index (χ3v) is 17.4. The summed E-state index contributed by atoms with van der Waals surface area (Å²) in [5.41, 5.74) is 10.0. The number of H-pyrrole nitrogens is 1. The number of aromatic amines is 1. The summed E-state index contributed by atoms with van der Waals surface area (Å²) in [6.45, 7) is 16.0. The van der Waals surface area contributed by atoms with Crippen molar-refractivity contribution < 1.29 is 28.7 Å². The van der Waals surface area contributed by atoms with Crippen molar-refractivity contribution in [3.8, 4) is 58.7 Å². The number of nitrogens with zero attached hydrogens (tertiary/aromatic N) is 15. The number of likely N-dealkylation sites (N-methyl/N-ethyl adjacent to an activating group) is 1. The van der Waals surface area contributed by atoms with Crippen LogP contribution in [0.2, 0.25) is 40.2 Å². The lowest BCUT2D eigenvalue weighted by Crippen LogP contribution is -2.30. The van der Waals surface area contributed by atoms with Crippen LogP contribution in [0.5, 0.6) is 46.5 Å². The standard InChI is InChI=1S/C18H19Cl2N5O4.C17H21Cl2N5O3.C17H18Cl2N4O2.C17H17Cl2N3O2/c1-9(2)11-7-15(22-25(4)17(11)26)28-16-12(19)5-10(6-13(16)20)24(3)8-14-21-18(27)29-23-14;1-9(2)11-7-15(21-24(4)17(11)25)27-16-12(18)5-10(6-13(16)19)23(3)8-14(20)22-26;1-10(2)12-9-15(21-23(4)17(12)24)25-16-13(18)7-11(8-14(16)19)22(3)6-5-20;1-10(2)12-9-15(21-22(3)17(12)23)24-16-13(18)7-11(5-4-6-20)8-14(16)19/h5-7,9H,8H2,1-4H3,(H,21,23,27);5-7,9,26H,8H2,1-4H3,(H2,20,22);7-10H,6H2,1-4H3;7-10H,4-5H2,1-3H3. The van der Waals surface area contributed by atoms with Crippen LogP contribution in [0.4, 0.5) is 17.1 Å². The number of hydrogen-bond donors (Lipinski definition) is 3. The molecule has 0 radical (unpaired) electrons. The van der Waals surface area contributed by atoms with Crippen molar-refractivity contribution in [2.45, 2.75) is 98.4 Å². The molecular formula is C69H75Cl8N17O11. The molecule has 5 aromatic heterocycles. The number of rotatable bonds is 22. The van der Waals surface area contributed by atoms with Crippen LogP contribution in [0.15, 0.2) is 106 Å². The first-order valence-electron chi connectivity index (χ1n) is 31.7. The van der Waals surface area contributed by atoms with E-state index in [9.17, 15) is 24.0 Å². The summed E-state index contributed by atoms with van der Waals surface area (Å²) in [4.78, 5) is 67.2. The second-order valence-electron chi connectivity index (χ2n) is 24.6. The maximum absolute atomic E-state index is 12.2. The smallest absolute Gasteiger partial charge is 0.434 e. The topological polar surface area (TPSA) is 351 Å². The summed E-state index contributed by atoms with van der Waals surface area (Å²) in [6, 6.07) is 23.8. The number of benzene rings is 4. The highest BCUT2D eigenvalue weighted by Crippen LogP contribution is 2.43. The molecule has 0 aliphatic heterocycles.